The molecule has 3 aromatic rings. The van der Waals surface area contributed by atoms with Gasteiger partial charge in [0.1, 0.15) is 24.7 Å². The number of Topliss-reactive ketones (excluding diaryl/α,β-unsaturated/α-hetero) is 2. The lowest BCUT2D eigenvalue weighted by atomic mass is 9.44. The number of methoxy groups -OCH3 is 1. The molecule has 4 saturated carbocycles. The Kier molecular flexibility index (Phi) is 18.8. The average molecular weight is 991 g/mol. The number of allylic oxidation sites excluding steroid dienone is 3. The first kappa shape index (κ1) is 54.7. The Labute approximate surface area is 427 Å². The second-order valence-corrected chi connectivity index (χ2v) is 22.7. The summed E-state index contributed by atoms with van der Waals surface area (Å²) in [5.41, 5.74) is 2.78. The molecule has 4 fully saturated rings. The Morgan fingerprint density at radius 1 is 0.861 bits per heavy atom. The molecule has 0 radical (unpaired) electrons. The zero-order valence-corrected chi connectivity index (χ0v) is 43.8. The summed E-state index contributed by atoms with van der Waals surface area (Å²) in [6.45, 7) is 12.8. The molecule has 0 aliphatic heterocycles. The first-order valence-electron chi connectivity index (χ1n) is 26.9. The standard InChI is InChI=1S/C59H82N4O9/c1-38(2)8-7-9-39(3)50-16-17-51-48-15-14-43-32-44(22-26-58(43,4)52(48)23-27-59(50,51)5)60-28-24-46(65)36-72-37-47(66)25-29-63-34-45(61-62-63)33-49(54(68)19-11-40-10-18-53(67)42(30-40)35-64)55(69)20-12-41-13-21-56(70)57(31-41)71-6/h10-13,18-21,30-31,34,38-39,43-44,48,50-52,60,64,67-68,70H,7-9,14-17,22-29,32-33,35-37H2,1-6H3/b19-11+,20-12+,54-49?/t39?,43?,44-,48-,50+,51-,52-,58-,59+/m0/s1. The summed E-state index contributed by atoms with van der Waals surface area (Å²) in [4.78, 5) is 39.3. The zero-order valence-electron chi connectivity index (χ0n) is 43.8. The molecule has 2 unspecified atom stereocenters. The molecule has 0 spiro atoms. The molecule has 5 N–H and O–H groups in total. The van der Waals surface area contributed by atoms with Crippen LogP contribution in [0, 0.1) is 52.3 Å². The maximum atomic E-state index is 13.6. The number of phenols is 2. The van der Waals surface area contributed by atoms with E-state index >= 15 is 0 Å². The minimum atomic E-state index is -0.516. The average Bonchev–Trinajstić information content (AvgIpc) is 3.97. The van der Waals surface area contributed by atoms with Crippen LogP contribution >= 0.6 is 0 Å². The number of ether oxygens (including phenoxy) is 2. The van der Waals surface area contributed by atoms with E-state index in [0.717, 1.165) is 41.4 Å². The summed E-state index contributed by atoms with van der Waals surface area (Å²) >= 11 is 0. The number of nitrogens with one attached hydrogen (secondary N) is 1. The van der Waals surface area contributed by atoms with E-state index < -0.39 is 5.78 Å². The van der Waals surface area contributed by atoms with Gasteiger partial charge >= 0.3 is 0 Å². The number of fused-ring (bicyclic) bond motifs is 5. The highest BCUT2D eigenvalue weighted by Gasteiger charge is 2.60. The Hall–Kier alpha value is -5.11. The molecule has 9 atom stereocenters. The lowest BCUT2D eigenvalue weighted by Gasteiger charge is -2.61. The first-order valence-corrected chi connectivity index (χ1v) is 26.9. The molecule has 0 saturated heterocycles. The summed E-state index contributed by atoms with van der Waals surface area (Å²) in [5.74, 6) is 4.97. The molecule has 0 bridgehead atoms. The van der Waals surface area contributed by atoms with Crippen LogP contribution in [0.15, 0.2) is 66.1 Å². The van der Waals surface area contributed by atoms with Gasteiger partial charge in [-0.3, -0.25) is 19.1 Å². The van der Waals surface area contributed by atoms with Gasteiger partial charge < -0.3 is 35.2 Å². The van der Waals surface area contributed by atoms with Gasteiger partial charge in [-0.05, 0) is 158 Å². The van der Waals surface area contributed by atoms with Crippen LogP contribution < -0.4 is 10.1 Å². The predicted octanol–water partition coefficient (Wildman–Crippen LogP) is 10.6. The van der Waals surface area contributed by atoms with E-state index in [0.29, 0.717) is 52.2 Å². The molecular weight excluding hydrogens is 909 g/mol. The lowest BCUT2D eigenvalue weighted by molar-refractivity contribution is -0.129. The Balaban J connectivity index is 0.833. The van der Waals surface area contributed by atoms with Crippen LogP contribution in [0.4, 0.5) is 0 Å². The quantitative estimate of drug-likeness (QED) is 0.0307. The SMILES string of the molecule is COc1cc(/C=C/C(=O)C(Cc2cn(CCC(=O)COCC(=O)CCN[C@H]3CC[C@@]4(C)C(CC[C@H]5[C@@H]6CC[C@H](C(C)CCCC(C)C)[C@@]6(C)CC[C@@H]54)C3)nn2)=C(O)/C=C/c2ccc(O)c(CO)c2)ccc1O. The Bertz CT molecular complexity index is 2440. The van der Waals surface area contributed by atoms with E-state index in [9.17, 15) is 34.8 Å². The van der Waals surface area contributed by atoms with Crippen molar-refractivity contribution >= 4 is 29.5 Å². The molecule has 1 aromatic heterocycles. The van der Waals surface area contributed by atoms with Crippen LogP contribution in [0.5, 0.6) is 17.2 Å². The zero-order chi connectivity index (χ0) is 51.6. The number of carbonyl (C=O) groups is 3. The fraction of sp³-hybridized carbons (Fsp3) is 0.610. The number of aliphatic hydroxyl groups excluding tert-OH is 2. The molecule has 392 valence electrons. The number of aryl methyl sites for hydroxylation is 1. The van der Waals surface area contributed by atoms with E-state index in [2.05, 4.69) is 50.2 Å². The van der Waals surface area contributed by atoms with Crippen LogP contribution in [-0.4, -0.2) is 85.7 Å². The number of hydrogen-bond acceptors (Lipinski definition) is 12. The van der Waals surface area contributed by atoms with Gasteiger partial charge in [0.2, 0.25) is 0 Å². The summed E-state index contributed by atoms with van der Waals surface area (Å²) in [6, 6.07) is 9.64. The molecule has 4 aliphatic rings. The van der Waals surface area contributed by atoms with Crippen molar-refractivity contribution in [3.63, 3.8) is 0 Å². The highest BCUT2D eigenvalue weighted by Crippen LogP contribution is 2.68. The monoisotopic (exact) mass is 991 g/mol. The predicted molar refractivity (Wildman–Crippen MR) is 280 cm³/mol. The van der Waals surface area contributed by atoms with Crippen molar-refractivity contribution in [3.8, 4) is 17.2 Å². The molecule has 1 heterocycles. The van der Waals surface area contributed by atoms with Gasteiger partial charge in [0.05, 0.1) is 19.4 Å². The number of ketones is 3. The number of phenolic OH excluding ortho intramolecular Hbond substituents is 1. The minimum absolute atomic E-state index is 0.0102. The second kappa shape index (κ2) is 24.7. The van der Waals surface area contributed by atoms with Gasteiger partial charge in [0.15, 0.2) is 28.8 Å². The number of benzene rings is 2. The van der Waals surface area contributed by atoms with E-state index in [1.54, 1.807) is 36.5 Å². The van der Waals surface area contributed by atoms with Gasteiger partial charge in [0.25, 0.3) is 0 Å². The third-order valence-corrected chi connectivity index (χ3v) is 17.7. The number of aliphatic hydroxyl groups is 2. The topological polar surface area (TPSA) is 193 Å². The molecule has 0 amide bonds. The van der Waals surface area contributed by atoms with Crippen molar-refractivity contribution in [2.75, 3.05) is 26.9 Å². The van der Waals surface area contributed by atoms with Crippen molar-refractivity contribution in [1.82, 2.24) is 20.3 Å². The van der Waals surface area contributed by atoms with E-state index in [4.69, 9.17) is 9.47 Å². The van der Waals surface area contributed by atoms with E-state index in [1.807, 2.05) is 0 Å². The summed E-state index contributed by atoms with van der Waals surface area (Å²) in [6.07, 6.45) is 23.9. The number of aromatic hydroxyl groups is 2. The molecule has 13 nitrogen and oxygen atoms in total. The third kappa shape index (κ3) is 13.3. The maximum Gasteiger partial charge on any atom is 0.185 e. The highest BCUT2D eigenvalue weighted by molar-refractivity contribution is 6.07. The van der Waals surface area contributed by atoms with Crippen molar-refractivity contribution in [3.05, 3.63) is 88.5 Å². The number of aromatic nitrogens is 3. The first-order chi connectivity index (χ1) is 34.5. The Morgan fingerprint density at radius 3 is 2.32 bits per heavy atom. The van der Waals surface area contributed by atoms with Gasteiger partial charge in [-0.1, -0.05) is 83.4 Å². The van der Waals surface area contributed by atoms with Gasteiger partial charge in [0, 0.05) is 55.7 Å². The van der Waals surface area contributed by atoms with Crippen molar-refractivity contribution in [2.24, 2.45) is 52.3 Å². The maximum absolute atomic E-state index is 13.6. The van der Waals surface area contributed by atoms with Crippen molar-refractivity contribution in [1.29, 1.82) is 0 Å². The smallest absolute Gasteiger partial charge is 0.185 e. The fourth-order valence-corrected chi connectivity index (χ4v) is 13.7. The van der Waals surface area contributed by atoms with E-state index in [1.165, 1.54) is 119 Å². The van der Waals surface area contributed by atoms with Gasteiger partial charge in [-0.15, -0.1) is 5.10 Å². The van der Waals surface area contributed by atoms with Crippen LogP contribution in [0.1, 0.15) is 147 Å². The summed E-state index contributed by atoms with van der Waals surface area (Å²) in [5, 5.41) is 52.7. The lowest BCUT2D eigenvalue weighted by Crippen LogP contribution is -2.55. The second-order valence-electron chi connectivity index (χ2n) is 22.7. The molecule has 13 heteroatoms. The number of rotatable bonds is 25. The molecule has 2 aromatic carbocycles. The number of hydrogen-bond donors (Lipinski definition) is 5. The normalized spacial score (nSPS) is 26.8. The summed E-state index contributed by atoms with van der Waals surface area (Å²) < 4.78 is 12.2. The molecule has 7 rings (SSSR count). The Morgan fingerprint density at radius 2 is 1.57 bits per heavy atom. The van der Waals surface area contributed by atoms with Crippen LogP contribution in [-0.2, 0) is 38.7 Å². The van der Waals surface area contributed by atoms with Gasteiger partial charge in [-0.25, -0.2) is 0 Å². The van der Waals surface area contributed by atoms with Crippen molar-refractivity contribution < 1.29 is 44.3 Å². The van der Waals surface area contributed by atoms with Gasteiger partial charge in [-0.2, -0.15) is 0 Å². The highest BCUT2D eigenvalue weighted by atomic mass is 16.5. The number of carbonyl (C=O) groups excluding carboxylic acids is 3. The van der Waals surface area contributed by atoms with Crippen molar-refractivity contribution in [2.45, 2.75) is 150 Å². The largest absolute Gasteiger partial charge is 0.508 e. The third-order valence-electron chi connectivity index (χ3n) is 17.7. The van der Waals surface area contributed by atoms with Crippen LogP contribution in [0.25, 0.3) is 12.2 Å². The van der Waals surface area contributed by atoms with Crippen LogP contribution in [0.3, 0.4) is 0 Å². The molecule has 72 heavy (non-hydrogen) atoms. The van der Waals surface area contributed by atoms with Crippen LogP contribution in [0.2, 0.25) is 0 Å². The molecular formula is C59H82N4O9. The van der Waals surface area contributed by atoms with E-state index in [-0.39, 0.29) is 79.4 Å². The fourth-order valence-electron chi connectivity index (χ4n) is 13.7. The molecule has 4 aliphatic carbocycles. The summed E-state index contributed by atoms with van der Waals surface area (Å²) in [7, 11) is 1.42. The number of nitrogens with zero attached hydrogens (tertiary/aromatic N) is 3. The minimum Gasteiger partial charge on any atom is -0.508 e.